The Bertz CT molecular complexity index is 424. The van der Waals surface area contributed by atoms with Gasteiger partial charge in [0, 0.05) is 6.04 Å². The molecule has 1 atom stereocenters. The first kappa shape index (κ1) is 16.4. The van der Waals surface area contributed by atoms with E-state index in [1.165, 1.54) is 61.6 Å². The van der Waals surface area contributed by atoms with E-state index in [1.807, 2.05) is 0 Å². The van der Waals surface area contributed by atoms with E-state index in [2.05, 4.69) is 38.3 Å². The Balaban J connectivity index is 2.23. The molecule has 2 nitrogen and oxygen atoms in total. The normalized spacial score (nSPS) is 18.9. The molecule has 1 aromatic rings. The van der Waals surface area contributed by atoms with Gasteiger partial charge in [-0.2, -0.15) is 0 Å². The minimum absolute atomic E-state index is 0.478. The lowest BCUT2D eigenvalue weighted by Crippen LogP contribution is -2.26. The van der Waals surface area contributed by atoms with E-state index in [0.29, 0.717) is 6.04 Å². The highest BCUT2D eigenvalue weighted by Crippen LogP contribution is 2.35. The van der Waals surface area contributed by atoms with Crippen LogP contribution in [0.4, 0.5) is 0 Å². The summed E-state index contributed by atoms with van der Waals surface area (Å²) in [4.78, 5) is 0. The molecule has 1 aliphatic rings. The fraction of sp³-hybridized carbons (Fsp3) is 0.684. The minimum Gasteiger partial charge on any atom is -0.496 e. The molecule has 118 valence electrons. The highest BCUT2D eigenvalue weighted by Gasteiger charge is 2.23. The summed E-state index contributed by atoms with van der Waals surface area (Å²) < 4.78 is 5.51. The highest BCUT2D eigenvalue weighted by atomic mass is 16.5. The van der Waals surface area contributed by atoms with Crippen LogP contribution in [0.5, 0.6) is 5.75 Å². The maximum atomic E-state index is 5.51. The zero-order valence-corrected chi connectivity index (χ0v) is 14.2. The Morgan fingerprint density at radius 3 is 2.00 bits per heavy atom. The molecule has 0 amide bonds. The molecule has 0 aliphatic heterocycles. The zero-order chi connectivity index (χ0) is 15.2. The van der Waals surface area contributed by atoms with Crippen LogP contribution in [-0.2, 0) is 0 Å². The number of hydrogen-bond donors (Lipinski definition) is 1. The third kappa shape index (κ3) is 4.00. The lowest BCUT2D eigenvalue weighted by Gasteiger charge is -2.29. The van der Waals surface area contributed by atoms with Gasteiger partial charge in [0.05, 0.1) is 7.11 Å². The summed E-state index contributed by atoms with van der Waals surface area (Å²) in [6, 6.07) is 5.10. The average Bonchev–Trinajstić information content (AvgIpc) is 2.41. The summed E-state index contributed by atoms with van der Waals surface area (Å²) in [6.45, 7) is 4.31. The summed E-state index contributed by atoms with van der Waals surface area (Å²) in [5.74, 6) is 1.80. The first-order chi connectivity index (χ1) is 10.2. The van der Waals surface area contributed by atoms with E-state index in [9.17, 15) is 0 Å². The van der Waals surface area contributed by atoms with Gasteiger partial charge in [-0.15, -0.1) is 0 Å². The summed E-state index contributed by atoms with van der Waals surface area (Å²) in [7, 11) is 3.87. The van der Waals surface area contributed by atoms with Gasteiger partial charge in [0.15, 0.2) is 0 Å². The lowest BCUT2D eigenvalue weighted by atomic mass is 9.82. The first-order valence-corrected chi connectivity index (χ1v) is 8.49. The van der Waals surface area contributed by atoms with Crippen LogP contribution in [0.15, 0.2) is 12.1 Å². The molecule has 2 heteroatoms. The summed E-state index contributed by atoms with van der Waals surface area (Å²) in [5, 5.41) is 3.59. The van der Waals surface area contributed by atoms with Crippen LogP contribution >= 0.6 is 0 Å². The largest absolute Gasteiger partial charge is 0.496 e. The van der Waals surface area contributed by atoms with Gasteiger partial charge in [0.25, 0.3) is 0 Å². The van der Waals surface area contributed by atoms with Crippen LogP contribution < -0.4 is 10.1 Å². The molecule has 1 unspecified atom stereocenters. The van der Waals surface area contributed by atoms with Gasteiger partial charge in [-0.05, 0) is 56.3 Å². The lowest BCUT2D eigenvalue weighted by molar-refractivity contribution is 0.299. The molecule has 0 bridgehead atoms. The maximum Gasteiger partial charge on any atom is 0.124 e. The summed E-state index contributed by atoms with van der Waals surface area (Å²) in [6.07, 6.45) is 9.73. The van der Waals surface area contributed by atoms with Crippen LogP contribution in [0.2, 0.25) is 0 Å². The van der Waals surface area contributed by atoms with E-state index < -0.39 is 0 Å². The molecule has 0 aromatic heterocycles. The predicted molar refractivity (Wildman–Crippen MR) is 90.1 cm³/mol. The Morgan fingerprint density at radius 2 is 1.52 bits per heavy atom. The van der Waals surface area contributed by atoms with Crippen molar-refractivity contribution in [2.24, 2.45) is 5.92 Å². The second kappa shape index (κ2) is 7.84. The highest BCUT2D eigenvalue weighted by molar-refractivity contribution is 5.44. The first-order valence-electron chi connectivity index (χ1n) is 8.49. The standard InChI is InChI=1S/C19H31NO/c1-14-12-17(13-15(2)19(14)21-4)18(20-3)16-10-8-6-5-7-9-11-16/h12-13,16,18,20H,5-11H2,1-4H3. The number of ether oxygens (including phenoxy) is 1. The van der Waals surface area contributed by atoms with Crippen molar-refractivity contribution in [3.05, 3.63) is 28.8 Å². The third-order valence-electron chi connectivity index (χ3n) is 4.98. The van der Waals surface area contributed by atoms with Gasteiger partial charge in [-0.3, -0.25) is 0 Å². The molecule has 1 aromatic carbocycles. The van der Waals surface area contributed by atoms with Crippen LogP contribution in [-0.4, -0.2) is 14.2 Å². The van der Waals surface area contributed by atoms with E-state index in [0.717, 1.165) is 11.7 Å². The number of methoxy groups -OCH3 is 1. The smallest absolute Gasteiger partial charge is 0.124 e. The van der Waals surface area contributed by atoms with Crippen LogP contribution in [0.3, 0.4) is 0 Å². The molecule has 1 fully saturated rings. The van der Waals surface area contributed by atoms with Crippen LogP contribution in [0.1, 0.15) is 67.7 Å². The predicted octanol–water partition coefficient (Wildman–Crippen LogP) is 4.93. The fourth-order valence-corrected chi connectivity index (χ4v) is 3.98. The van der Waals surface area contributed by atoms with E-state index in [4.69, 9.17) is 4.74 Å². The van der Waals surface area contributed by atoms with Gasteiger partial charge in [-0.1, -0.05) is 44.2 Å². The van der Waals surface area contributed by atoms with Crippen molar-refractivity contribution in [1.29, 1.82) is 0 Å². The Labute approximate surface area is 130 Å². The minimum atomic E-state index is 0.478. The Kier molecular flexibility index (Phi) is 6.10. The SMILES string of the molecule is CNC(c1cc(C)c(OC)c(C)c1)C1CCCCCCC1. The molecule has 1 saturated carbocycles. The second-order valence-corrected chi connectivity index (χ2v) is 6.56. The van der Waals surface area contributed by atoms with Crippen molar-refractivity contribution < 1.29 is 4.74 Å². The quantitative estimate of drug-likeness (QED) is 0.848. The monoisotopic (exact) mass is 289 g/mol. The fourth-order valence-electron chi connectivity index (χ4n) is 3.98. The summed E-state index contributed by atoms with van der Waals surface area (Å²) >= 11 is 0. The Hall–Kier alpha value is -1.02. The van der Waals surface area contributed by atoms with E-state index in [-0.39, 0.29) is 0 Å². The van der Waals surface area contributed by atoms with Crippen molar-refractivity contribution in [2.75, 3.05) is 14.2 Å². The van der Waals surface area contributed by atoms with E-state index in [1.54, 1.807) is 7.11 Å². The third-order valence-corrected chi connectivity index (χ3v) is 4.98. The number of rotatable bonds is 4. The van der Waals surface area contributed by atoms with Gasteiger partial charge < -0.3 is 10.1 Å². The number of nitrogens with one attached hydrogen (secondary N) is 1. The molecule has 1 aliphatic carbocycles. The summed E-state index contributed by atoms with van der Waals surface area (Å²) in [5.41, 5.74) is 3.93. The number of aryl methyl sites for hydroxylation is 2. The zero-order valence-electron chi connectivity index (χ0n) is 14.2. The van der Waals surface area contributed by atoms with Gasteiger partial charge >= 0.3 is 0 Å². The van der Waals surface area contributed by atoms with Crippen LogP contribution in [0.25, 0.3) is 0 Å². The molecule has 0 heterocycles. The molecule has 0 saturated heterocycles. The maximum absolute atomic E-state index is 5.51. The molecular formula is C19H31NO. The van der Waals surface area contributed by atoms with Crippen molar-refractivity contribution in [3.63, 3.8) is 0 Å². The molecule has 0 radical (unpaired) electrons. The van der Waals surface area contributed by atoms with Crippen LogP contribution in [0, 0.1) is 19.8 Å². The van der Waals surface area contributed by atoms with Crippen molar-refractivity contribution in [3.8, 4) is 5.75 Å². The van der Waals surface area contributed by atoms with Gasteiger partial charge in [0.2, 0.25) is 0 Å². The molecule has 21 heavy (non-hydrogen) atoms. The van der Waals surface area contributed by atoms with Gasteiger partial charge in [0.1, 0.15) is 5.75 Å². The topological polar surface area (TPSA) is 21.3 Å². The molecule has 1 N–H and O–H groups in total. The van der Waals surface area contributed by atoms with Crippen molar-refractivity contribution >= 4 is 0 Å². The van der Waals surface area contributed by atoms with Gasteiger partial charge in [-0.25, -0.2) is 0 Å². The Morgan fingerprint density at radius 1 is 1.00 bits per heavy atom. The average molecular weight is 289 g/mol. The second-order valence-electron chi connectivity index (χ2n) is 6.56. The van der Waals surface area contributed by atoms with Crippen molar-refractivity contribution in [2.45, 2.75) is 64.8 Å². The molecular weight excluding hydrogens is 258 g/mol. The van der Waals surface area contributed by atoms with Crippen molar-refractivity contribution in [1.82, 2.24) is 5.32 Å². The number of benzene rings is 1. The molecule has 2 rings (SSSR count). The number of hydrogen-bond acceptors (Lipinski definition) is 2. The molecule has 0 spiro atoms. The van der Waals surface area contributed by atoms with E-state index >= 15 is 0 Å².